The maximum absolute atomic E-state index is 10.3. The predicted molar refractivity (Wildman–Crippen MR) is 80.0 cm³/mol. The summed E-state index contributed by atoms with van der Waals surface area (Å²) >= 11 is 0. The zero-order valence-electron chi connectivity index (χ0n) is 12.8. The molecule has 1 aliphatic heterocycles. The van der Waals surface area contributed by atoms with Crippen molar-refractivity contribution in [3.8, 4) is 0 Å². The van der Waals surface area contributed by atoms with Gasteiger partial charge in [-0.3, -0.25) is 4.90 Å². The molecule has 0 unspecified atom stereocenters. The standard InChI is InChI=1S/C16H27NO4/c1-20-12-14(18)11-17-8-4-2-3-6-13(17)10-15(19)16-7-5-9-21-16/h5,7,9,13-15,18-19H,2-4,6,8,10-12H2,1H3/t13-,14-,15-/m1/s1. The first-order valence-electron chi connectivity index (χ1n) is 7.83. The molecule has 0 aliphatic carbocycles. The number of aliphatic hydroxyl groups is 2. The number of likely N-dealkylation sites (tertiary alicyclic amines) is 1. The zero-order chi connectivity index (χ0) is 15.1. The largest absolute Gasteiger partial charge is 0.467 e. The van der Waals surface area contributed by atoms with Gasteiger partial charge in [-0.2, -0.15) is 0 Å². The predicted octanol–water partition coefficient (Wildman–Crippen LogP) is 1.96. The fraction of sp³-hybridized carbons (Fsp3) is 0.750. The number of methoxy groups -OCH3 is 1. The zero-order valence-corrected chi connectivity index (χ0v) is 12.8. The Morgan fingerprint density at radius 3 is 2.95 bits per heavy atom. The molecule has 1 fully saturated rings. The van der Waals surface area contributed by atoms with Gasteiger partial charge < -0.3 is 19.4 Å². The summed E-state index contributed by atoms with van der Waals surface area (Å²) in [7, 11) is 1.60. The van der Waals surface area contributed by atoms with Crippen LogP contribution in [0.1, 0.15) is 44.0 Å². The van der Waals surface area contributed by atoms with Crippen molar-refractivity contribution in [3.05, 3.63) is 24.2 Å². The summed E-state index contributed by atoms with van der Waals surface area (Å²) in [5, 5.41) is 20.3. The summed E-state index contributed by atoms with van der Waals surface area (Å²) in [4.78, 5) is 2.29. The van der Waals surface area contributed by atoms with Crippen molar-refractivity contribution in [1.82, 2.24) is 4.90 Å². The van der Waals surface area contributed by atoms with Crippen LogP contribution in [0.4, 0.5) is 0 Å². The van der Waals surface area contributed by atoms with Gasteiger partial charge in [0.05, 0.1) is 19.0 Å². The number of β-amino-alcohol motifs (C(OH)–C–C–N with tert-alkyl or cyclic N) is 1. The summed E-state index contributed by atoms with van der Waals surface area (Å²) in [5.74, 6) is 0.622. The van der Waals surface area contributed by atoms with E-state index in [9.17, 15) is 10.2 Å². The summed E-state index contributed by atoms with van der Waals surface area (Å²) < 4.78 is 10.3. The lowest BCUT2D eigenvalue weighted by Crippen LogP contribution is -2.42. The van der Waals surface area contributed by atoms with Gasteiger partial charge in [-0.05, 0) is 37.9 Å². The molecule has 1 saturated heterocycles. The molecule has 2 heterocycles. The second-order valence-electron chi connectivity index (χ2n) is 5.87. The molecule has 120 valence electrons. The molecule has 0 aromatic carbocycles. The van der Waals surface area contributed by atoms with Gasteiger partial charge in [0.1, 0.15) is 11.9 Å². The first-order valence-corrected chi connectivity index (χ1v) is 7.83. The van der Waals surface area contributed by atoms with Crippen LogP contribution in [0.25, 0.3) is 0 Å². The fourth-order valence-corrected chi connectivity index (χ4v) is 3.11. The molecule has 2 N–H and O–H groups in total. The van der Waals surface area contributed by atoms with Gasteiger partial charge in [-0.25, -0.2) is 0 Å². The summed E-state index contributed by atoms with van der Waals surface area (Å²) in [5.41, 5.74) is 0. The van der Waals surface area contributed by atoms with E-state index in [-0.39, 0.29) is 6.04 Å². The Labute approximate surface area is 126 Å². The molecule has 0 bridgehead atoms. The Morgan fingerprint density at radius 2 is 2.24 bits per heavy atom. The van der Waals surface area contributed by atoms with E-state index in [1.165, 1.54) is 12.8 Å². The second-order valence-corrected chi connectivity index (χ2v) is 5.87. The minimum absolute atomic E-state index is 0.277. The highest BCUT2D eigenvalue weighted by Gasteiger charge is 2.26. The fourth-order valence-electron chi connectivity index (χ4n) is 3.11. The smallest absolute Gasteiger partial charge is 0.132 e. The van der Waals surface area contributed by atoms with E-state index < -0.39 is 12.2 Å². The molecule has 3 atom stereocenters. The van der Waals surface area contributed by atoms with Gasteiger partial charge in [-0.15, -0.1) is 0 Å². The van der Waals surface area contributed by atoms with Gasteiger partial charge in [0.25, 0.3) is 0 Å². The van der Waals surface area contributed by atoms with Gasteiger partial charge in [0.15, 0.2) is 0 Å². The van der Waals surface area contributed by atoms with Crippen molar-refractivity contribution in [1.29, 1.82) is 0 Å². The summed E-state index contributed by atoms with van der Waals surface area (Å²) in [6, 6.07) is 3.89. The molecule has 0 saturated carbocycles. The van der Waals surface area contributed by atoms with Gasteiger partial charge in [0, 0.05) is 19.7 Å². The quantitative estimate of drug-likeness (QED) is 0.805. The Bertz CT molecular complexity index is 382. The third-order valence-corrected chi connectivity index (χ3v) is 4.17. The van der Waals surface area contributed by atoms with Crippen molar-refractivity contribution in [2.75, 3.05) is 26.8 Å². The maximum atomic E-state index is 10.3. The van der Waals surface area contributed by atoms with Crippen molar-refractivity contribution >= 4 is 0 Å². The Hall–Kier alpha value is -0.880. The molecule has 1 aromatic heterocycles. The number of hydrogen-bond acceptors (Lipinski definition) is 5. The Kier molecular flexibility index (Phi) is 6.70. The average molecular weight is 297 g/mol. The molecule has 0 spiro atoms. The van der Waals surface area contributed by atoms with Crippen LogP contribution in [0, 0.1) is 0 Å². The van der Waals surface area contributed by atoms with E-state index in [1.807, 2.05) is 6.07 Å². The van der Waals surface area contributed by atoms with Crippen molar-refractivity contribution in [2.24, 2.45) is 0 Å². The third-order valence-electron chi connectivity index (χ3n) is 4.17. The number of aliphatic hydroxyl groups excluding tert-OH is 2. The lowest BCUT2D eigenvalue weighted by Gasteiger charge is -2.32. The summed E-state index contributed by atoms with van der Waals surface area (Å²) in [6.45, 7) is 1.92. The molecule has 1 aromatic rings. The van der Waals surface area contributed by atoms with Crippen LogP contribution in [0.5, 0.6) is 0 Å². The first kappa shape index (κ1) is 16.5. The second kappa shape index (κ2) is 8.54. The lowest BCUT2D eigenvalue weighted by atomic mass is 10.0. The highest BCUT2D eigenvalue weighted by atomic mass is 16.5. The number of rotatable bonds is 7. The SMILES string of the molecule is COC[C@H](O)CN1CCCCC[C@@H]1C[C@@H](O)c1ccco1. The van der Waals surface area contributed by atoms with E-state index in [4.69, 9.17) is 9.15 Å². The highest BCUT2D eigenvalue weighted by Crippen LogP contribution is 2.26. The molecular weight excluding hydrogens is 270 g/mol. The topological polar surface area (TPSA) is 66.1 Å². The first-order chi connectivity index (χ1) is 10.2. The van der Waals surface area contributed by atoms with E-state index in [2.05, 4.69) is 4.90 Å². The number of hydrogen-bond donors (Lipinski definition) is 2. The molecule has 1 aliphatic rings. The summed E-state index contributed by atoms with van der Waals surface area (Å²) in [6.07, 6.45) is 5.77. The van der Waals surface area contributed by atoms with Crippen molar-refractivity contribution in [3.63, 3.8) is 0 Å². The van der Waals surface area contributed by atoms with Crippen LogP contribution < -0.4 is 0 Å². The van der Waals surface area contributed by atoms with E-state index in [0.717, 1.165) is 19.4 Å². The number of ether oxygens (including phenoxy) is 1. The number of furan rings is 1. The Balaban J connectivity index is 1.94. The molecular formula is C16H27NO4. The van der Waals surface area contributed by atoms with Crippen LogP contribution in [0.3, 0.4) is 0 Å². The third kappa shape index (κ3) is 5.11. The molecule has 5 heteroatoms. The minimum Gasteiger partial charge on any atom is -0.467 e. The normalized spacial score (nSPS) is 23.7. The van der Waals surface area contributed by atoms with Crippen molar-refractivity contribution < 1.29 is 19.4 Å². The van der Waals surface area contributed by atoms with Gasteiger partial charge in [0.2, 0.25) is 0 Å². The monoisotopic (exact) mass is 297 g/mol. The van der Waals surface area contributed by atoms with E-state index in [0.29, 0.717) is 25.3 Å². The molecule has 5 nitrogen and oxygen atoms in total. The van der Waals surface area contributed by atoms with Crippen LogP contribution in [0.2, 0.25) is 0 Å². The van der Waals surface area contributed by atoms with Gasteiger partial charge in [-0.1, -0.05) is 12.8 Å². The van der Waals surface area contributed by atoms with E-state index >= 15 is 0 Å². The lowest BCUT2D eigenvalue weighted by molar-refractivity contribution is 0.0161. The number of nitrogens with zero attached hydrogens (tertiary/aromatic N) is 1. The molecule has 21 heavy (non-hydrogen) atoms. The average Bonchev–Trinajstić information content (AvgIpc) is 2.91. The maximum Gasteiger partial charge on any atom is 0.132 e. The Morgan fingerprint density at radius 1 is 1.38 bits per heavy atom. The van der Waals surface area contributed by atoms with Crippen LogP contribution in [-0.4, -0.2) is 54.1 Å². The highest BCUT2D eigenvalue weighted by molar-refractivity contribution is 5.02. The van der Waals surface area contributed by atoms with Crippen LogP contribution >= 0.6 is 0 Å². The van der Waals surface area contributed by atoms with Crippen LogP contribution in [-0.2, 0) is 4.74 Å². The van der Waals surface area contributed by atoms with Crippen molar-refractivity contribution in [2.45, 2.75) is 50.4 Å². The van der Waals surface area contributed by atoms with E-state index in [1.54, 1.807) is 19.4 Å². The van der Waals surface area contributed by atoms with Gasteiger partial charge >= 0.3 is 0 Å². The van der Waals surface area contributed by atoms with Crippen LogP contribution in [0.15, 0.2) is 22.8 Å². The molecule has 0 amide bonds. The molecule has 0 radical (unpaired) electrons. The minimum atomic E-state index is -0.579. The molecule has 2 rings (SSSR count).